The maximum Gasteiger partial charge on any atom is 0.163 e. The molecule has 0 aliphatic carbocycles. The lowest BCUT2D eigenvalue weighted by atomic mass is 9.92. The van der Waals surface area contributed by atoms with Crippen molar-refractivity contribution in [1.29, 1.82) is 0 Å². The van der Waals surface area contributed by atoms with Crippen LogP contribution in [0.2, 0.25) is 0 Å². The van der Waals surface area contributed by atoms with Gasteiger partial charge in [0.1, 0.15) is 12.2 Å². The summed E-state index contributed by atoms with van der Waals surface area (Å²) >= 11 is 0. The van der Waals surface area contributed by atoms with Crippen LogP contribution in [0.15, 0.2) is 0 Å². The first-order valence-corrected chi connectivity index (χ1v) is 9.80. The molecule has 1 rings (SSSR count). The van der Waals surface area contributed by atoms with E-state index in [1.165, 1.54) is 0 Å². The summed E-state index contributed by atoms with van der Waals surface area (Å²) in [4.78, 5) is 0. The highest BCUT2D eigenvalue weighted by Crippen LogP contribution is 2.29. The van der Waals surface area contributed by atoms with Gasteiger partial charge in [0, 0.05) is 25.7 Å². The Bertz CT molecular complexity index is 299. The summed E-state index contributed by atoms with van der Waals surface area (Å²) in [7, 11) is 0. The third-order valence-electron chi connectivity index (χ3n) is 4.49. The molecule has 0 aromatic carbocycles. The monoisotopic (exact) mass is 346 g/mol. The van der Waals surface area contributed by atoms with E-state index >= 15 is 0 Å². The number of hydrogen-bond acceptors (Lipinski definition) is 5. The topological polar surface area (TPSA) is 57.2 Å². The van der Waals surface area contributed by atoms with Crippen LogP contribution in [0.25, 0.3) is 0 Å². The van der Waals surface area contributed by atoms with Crippen LogP contribution in [0.4, 0.5) is 0 Å². The summed E-state index contributed by atoms with van der Waals surface area (Å²) in [6.45, 7) is 10.8. The van der Waals surface area contributed by atoms with E-state index in [0.29, 0.717) is 26.4 Å². The smallest absolute Gasteiger partial charge is 0.163 e. The first kappa shape index (κ1) is 21.8. The van der Waals surface area contributed by atoms with Crippen LogP contribution in [0, 0.1) is 5.92 Å². The van der Waals surface area contributed by atoms with Gasteiger partial charge in [0.05, 0.1) is 12.7 Å². The van der Waals surface area contributed by atoms with E-state index in [1.807, 2.05) is 6.92 Å². The third kappa shape index (κ3) is 7.36. The molecule has 5 nitrogen and oxygen atoms in total. The van der Waals surface area contributed by atoms with Crippen molar-refractivity contribution >= 4 is 0 Å². The molecule has 1 N–H and O–H groups in total. The van der Waals surface area contributed by atoms with Crippen LogP contribution in [-0.2, 0) is 18.9 Å². The Morgan fingerprint density at radius 2 is 1.46 bits per heavy atom. The number of ether oxygens (including phenoxy) is 4. The molecule has 0 spiro atoms. The first-order chi connectivity index (χ1) is 11.7. The average Bonchev–Trinajstić information content (AvgIpc) is 2.58. The van der Waals surface area contributed by atoms with Gasteiger partial charge < -0.3 is 24.1 Å². The molecule has 0 amide bonds. The van der Waals surface area contributed by atoms with Crippen LogP contribution in [0.3, 0.4) is 0 Å². The zero-order chi connectivity index (χ0) is 17.8. The predicted octanol–water partition coefficient (Wildman–Crippen LogP) is 3.53. The second-order valence-corrected chi connectivity index (χ2v) is 6.73. The zero-order valence-corrected chi connectivity index (χ0v) is 16.0. The fraction of sp³-hybridized carbons (Fsp3) is 1.00. The maximum atomic E-state index is 10.7. The van der Waals surface area contributed by atoms with Gasteiger partial charge in [-0.1, -0.05) is 47.0 Å². The largest absolute Gasteiger partial charge is 0.388 e. The number of unbranched alkanes of at least 4 members (excludes halogenated alkanes) is 3. The van der Waals surface area contributed by atoms with Crippen molar-refractivity contribution in [2.45, 2.75) is 90.8 Å². The summed E-state index contributed by atoms with van der Waals surface area (Å²) in [5.41, 5.74) is 0. The van der Waals surface area contributed by atoms with Crippen LogP contribution >= 0.6 is 0 Å². The number of rotatable bonds is 13. The fourth-order valence-corrected chi connectivity index (χ4v) is 2.79. The molecule has 5 atom stereocenters. The summed E-state index contributed by atoms with van der Waals surface area (Å²) < 4.78 is 23.6. The fourth-order valence-electron chi connectivity index (χ4n) is 2.79. The van der Waals surface area contributed by atoms with E-state index in [1.54, 1.807) is 0 Å². The van der Waals surface area contributed by atoms with Gasteiger partial charge in [0.15, 0.2) is 6.29 Å². The molecule has 1 aliphatic heterocycles. The minimum atomic E-state index is -0.676. The molecule has 0 unspecified atom stereocenters. The van der Waals surface area contributed by atoms with Gasteiger partial charge in [-0.25, -0.2) is 0 Å². The molecule has 0 aromatic rings. The van der Waals surface area contributed by atoms with E-state index < -0.39 is 12.2 Å². The van der Waals surface area contributed by atoms with Gasteiger partial charge in [0.25, 0.3) is 0 Å². The van der Waals surface area contributed by atoms with Crippen LogP contribution in [-0.4, -0.2) is 56.1 Å². The highest BCUT2D eigenvalue weighted by Gasteiger charge is 2.44. The maximum absolute atomic E-state index is 10.7. The molecular formula is C19H38O5. The molecular weight excluding hydrogens is 308 g/mol. The van der Waals surface area contributed by atoms with Crippen LogP contribution in [0.1, 0.15) is 66.2 Å². The van der Waals surface area contributed by atoms with Crippen molar-refractivity contribution in [3.05, 3.63) is 0 Å². The van der Waals surface area contributed by atoms with Gasteiger partial charge in [-0.2, -0.15) is 0 Å². The lowest BCUT2D eigenvalue weighted by Crippen LogP contribution is -2.56. The Balaban J connectivity index is 2.60. The molecule has 1 heterocycles. The number of aliphatic hydroxyl groups excluding tert-OH is 1. The number of aliphatic hydroxyl groups is 1. The second kappa shape index (κ2) is 13.1. The summed E-state index contributed by atoms with van der Waals surface area (Å²) in [6, 6.07) is 0. The van der Waals surface area contributed by atoms with Crippen molar-refractivity contribution in [3.63, 3.8) is 0 Å². The lowest BCUT2D eigenvalue weighted by Gasteiger charge is -2.43. The summed E-state index contributed by atoms with van der Waals surface area (Å²) in [6.07, 6.45) is 4.60. The molecule has 144 valence electrons. The Morgan fingerprint density at radius 1 is 0.875 bits per heavy atom. The van der Waals surface area contributed by atoms with Crippen LogP contribution in [0.5, 0.6) is 0 Å². The molecule has 1 saturated heterocycles. The second-order valence-electron chi connectivity index (χ2n) is 6.73. The highest BCUT2D eigenvalue weighted by atomic mass is 16.7. The van der Waals surface area contributed by atoms with E-state index in [4.69, 9.17) is 18.9 Å². The van der Waals surface area contributed by atoms with E-state index in [2.05, 4.69) is 20.8 Å². The molecule has 1 fully saturated rings. The zero-order valence-electron chi connectivity index (χ0n) is 16.0. The van der Waals surface area contributed by atoms with Gasteiger partial charge in [-0.3, -0.25) is 0 Å². The van der Waals surface area contributed by atoms with Crippen molar-refractivity contribution in [2.75, 3.05) is 26.4 Å². The quantitative estimate of drug-likeness (QED) is 0.517. The Hall–Kier alpha value is -0.200. The molecule has 0 aromatic heterocycles. The summed E-state index contributed by atoms with van der Waals surface area (Å²) in [5, 5.41) is 10.7. The van der Waals surface area contributed by atoms with Crippen LogP contribution < -0.4 is 0 Å². The number of hydrogen-bond donors (Lipinski definition) is 1. The van der Waals surface area contributed by atoms with Gasteiger partial charge in [-0.15, -0.1) is 0 Å². The predicted molar refractivity (Wildman–Crippen MR) is 95.1 cm³/mol. The minimum absolute atomic E-state index is 0.000559. The van der Waals surface area contributed by atoms with E-state index in [-0.39, 0.29) is 18.3 Å². The van der Waals surface area contributed by atoms with Crippen molar-refractivity contribution in [3.8, 4) is 0 Å². The third-order valence-corrected chi connectivity index (χ3v) is 4.49. The van der Waals surface area contributed by atoms with Gasteiger partial charge in [-0.05, 0) is 19.3 Å². The van der Waals surface area contributed by atoms with Crippen molar-refractivity contribution in [2.24, 2.45) is 5.92 Å². The van der Waals surface area contributed by atoms with E-state index in [9.17, 15) is 5.11 Å². The first-order valence-electron chi connectivity index (χ1n) is 9.80. The minimum Gasteiger partial charge on any atom is -0.388 e. The Labute approximate surface area is 148 Å². The highest BCUT2D eigenvalue weighted by molar-refractivity contribution is 4.88. The van der Waals surface area contributed by atoms with Gasteiger partial charge >= 0.3 is 0 Å². The molecule has 5 heteroatoms. The molecule has 0 bridgehead atoms. The van der Waals surface area contributed by atoms with Crippen molar-refractivity contribution < 1.29 is 24.1 Å². The van der Waals surface area contributed by atoms with Crippen molar-refractivity contribution in [1.82, 2.24) is 0 Å². The SMILES string of the molecule is CCCCOC[C@H]1O[C@H](OCCCC)[C@@H](C)[C@@H](OCCCC)[C@@H]1O. The summed E-state index contributed by atoms with van der Waals surface area (Å²) in [5.74, 6) is 0.000559. The average molecular weight is 347 g/mol. The standard InChI is InChI=1S/C19H38O5/c1-5-8-11-21-14-16-17(20)18(22-12-9-6-2)15(4)19(24-16)23-13-10-7-3/h15-20H,5-14H2,1-4H3/t15-,16+,17+,18+,19-/m0/s1. The Kier molecular flexibility index (Phi) is 11.9. The van der Waals surface area contributed by atoms with E-state index in [0.717, 1.165) is 38.5 Å². The molecule has 0 radical (unpaired) electrons. The normalized spacial score (nSPS) is 30.6. The molecule has 1 aliphatic rings. The Morgan fingerprint density at radius 3 is 2.08 bits per heavy atom. The molecule has 0 saturated carbocycles. The lowest BCUT2D eigenvalue weighted by molar-refractivity contribution is -0.291. The molecule has 24 heavy (non-hydrogen) atoms. The van der Waals surface area contributed by atoms with Gasteiger partial charge in [0.2, 0.25) is 0 Å².